The lowest BCUT2D eigenvalue weighted by Gasteiger charge is -2.31. The lowest BCUT2D eigenvalue weighted by Crippen LogP contribution is -2.32. The van der Waals surface area contributed by atoms with Gasteiger partial charge in [-0.25, -0.2) is 0 Å². The van der Waals surface area contributed by atoms with Crippen LogP contribution in [0.5, 0.6) is 0 Å². The van der Waals surface area contributed by atoms with E-state index in [2.05, 4.69) is 39.7 Å². The average Bonchev–Trinajstić information content (AvgIpc) is 2.27. The van der Waals surface area contributed by atoms with Crippen LogP contribution in [0.1, 0.15) is 30.9 Å². The van der Waals surface area contributed by atoms with Gasteiger partial charge in [-0.2, -0.15) is 5.10 Å². The number of rotatable bonds is 5. The minimum atomic E-state index is -0.0754. The first kappa shape index (κ1) is 14.5. The second-order valence-electron chi connectivity index (χ2n) is 3.99. The summed E-state index contributed by atoms with van der Waals surface area (Å²) in [6.45, 7) is 4.17. The smallest absolute Gasteiger partial charge is 0.155 e. The van der Waals surface area contributed by atoms with Crippen molar-refractivity contribution in [1.82, 2.24) is 10.2 Å². The molecule has 1 heterocycles. The molecule has 0 aliphatic heterocycles. The molecule has 0 saturated carbocycles. The summed E-state index contributed by atoms with van der Waals surface area (Å²) in [5.74, 6) is 0.566. The molecule has 1 rings (SSSR count). The molecule has 1 atom stereocenters. The number of hydrogen-bond acceptors (Lipinski definition) is 2. The predicted octanol–water partition coefficient (Wildman–Crippen LogP) is 4.15. The Kier molecular flexibility index (Phi) is 5.74. The Morgan fingerprint density at radius 2 is 2.19 bits per heavy atom. The average molecular weight is 373 g/mol. The van der Waals surface area contributed by atoms with Crippen LogP contribution in [-0.4, -0.2) is 20.5 Å². The van der Waals surface area contributed by atoms with E-state index in [-0.39, 0.29) is 5.41 Å². The van der Waals surface area contributed by atoms with Crippen LogP contribution < -0.4 is 0 Å². The van der Waals surface area contributed by atoms with Crippen LogP contribution in [0, 0.1) is 6.92 Å². The zero-order valence-corrected chi connectivity index (χ0v) is 13.1. The summed E-state index contributed by atoms with van der Waals surface area (Å²) in [5.41, 5.74) is 2.06. The van der Waals surface area contributed by atoms with Crippen molar-refractivity contribution in [1.29, 1.82) is 0 Å². The van der Waals surface area contributed by atoms with Crippen molar-refractivity contribution in [2.75, 3.05) is 10.3 Å². The van der Waals surface area contributed by atoms with Crippen LogP contribution in [0.15, 0.2) is 6.20 Å². The van der Waals surface area contributed by atoms with Crippen LogP contribution in [-0.2, 0) is 5.41 Å². The second-order valence-corrected chi connectivity index (χ2v) is 5.38. The van der Waals surface area contributed by atoms with Crippen LogP contribution in [0.4, 0.5) is 0 Å². The Morgan fingerprint density at radius 1 is 1.50 bits per heavy atom. The van der Waals surface area contributed by atoms with E-state index in [1.807, 2.05) is 6.92 Å². The summed E-state index contributed by atoms with van der Waals surface area (Å²) in [6.07, 6.45) is 3.85. The molecule has 0 radical (unpaired) electrons. The molecule has 2 nitrogen and oxygen atoms in total. The maximum absolute atomic E-state index is 6.17. The topological polar surface area (TPSA) is 25.8 Å². The first-order chi connectivity index (χ1) is 7.61. The Balaban J connectivity index is 3.30. The quantitative estimate of drug-likeness (QED) is 0.573. The first-order valence-corrected chi connectivity index (χ1v) is 7.65. The fraction of sp³-hybridized carbons (Fsp3) is 0.636. The molecule has 90 valence electrons. The van der Waals surface area contributed by atoms with Gasteiger partial charge in [0.1, 0.15) is 0 Å². The largest absolute Gasteiger partial charge is 0.157 e. The van der Waals surface area contributed by atoms with Gasteiger partial charge in [0.25, 0.3) is 0 Å². The number of nitrogens with zero attached hydrogens (tertiary/aromatic N) is 2. The van der Waals surface area contributed by atoms with E-state index in [0.29, 0.717) is 11.0 Å². The SMILES string of the molecule is CCCC(CCl)(CI)c1c(C)cnnc1Cl. The van der Waals surface area contributed by atoms with Gasteiger partial charge < -0.3 is 0 Å². The monoisotopic (exact) mass is 372 g/mol. The predicted molar refractivity (Wildman–Crippen MR) is 78.0 cm³/mol. The summed E-state index contributed by atoms with van der Waals surface area (Å²) in [5, 5.41) is 8.29. The van der Waals surface area contributed by atoms with Gasteiger partial charge in [-0.05, 0) is 18.9 Å². The molecule has 5 heteroatoms. The maximum Gasteiger partial charge on any atom is 0.155 e. The lowest BCUT2D eigenvalue weighted by molar-refractivity contribution is 0.489. The molecule has 0 aliphatic carbocycles. The molecule has 0 N–H and O–H groups in total. The van der Waals surface area contributed by atoms with Crippen LogP contribution >= 0.6 is 45.8 Å². The Hall–Kier alpha value is 0.390. The van der Waals surface area contributed by atoms with Gasteiger partial charge in [0, 0.05) is 21.3 Å². The zero-order valence-electron chi connectivity index (χ0n) is 9.43. The van der Waals surface area contributed by atoms with Crippen LogP contribution in [0.2, 0.25) is 5.15 Å². The lowest BCUT2D eigenvalue weighted by atomic mass is 9.79. The molecule has 16 heavy (non-hydrogen) atoms. The van der Waals surface area contributed by atoms with E-state index in [1.165, 1.54) is 0 Å². The maximum atomic E-state index is 6.17. The second kappa shape index (κ2) is 6.36. The van der Waals surface area contributed by atoms with E-state index in [4.69, 9.17) is 23.2 Å². The Morgan fingerprint density at radius 3 is 2.62 bits per heavy atom. The van der Waals surface area contributed by atoms with Crippen LogP contribution in [0.25, 0.3) is 0 Å². The van der Waals surface area contributed by atoms with Crippen molar-refractivity contribution >= 4 is 45.8 Å². The van der Waals surface area contributed by atoms with Gasteiger partial charge in [-0.3, -0.25) is 0 Å². The van der Waals surface area contributed by atoms with E-state index in [1.54, 1.807) is 6.20 Å². The third-order valence-electron chi connectivity index (χ3n) is 2.77. The summed E-state index contributed by atoms with van der Waals surface area (Å²) in [6, 6.07) is 0. The summed E-state index contributed by atoms with van der Waals surface area (Å²) in [7, 11) is 0. The summed E-state index contributed by atoms with van der Waals surface area (Å²) in [4.78, 5) is 0. The number of hydrogen-bond donors (Lipinski definition) is 0. The van der Waals surface area contributed by atoms with Crippen molar-refractivity contribution in [2.45, 2.75) is 32.1 Å². The van der Waals surface area contributed by atoms with Crippen molar-refractivity contribution in [3.8, 4) is 0 Å². The highest BCUT2D eigenvalue weighted by molar-refractivity contribution is 14.1. The fourth-order valence-corrected chi connectivity index (χ4v) is 4.09. The number of aryl methyl sites for hydroxylation is 1. The third kappa shape index (κ3) is 2.79. The molecule has 1 aromatic rings. The van der Waals surface area contributed by atoms with Gasteiger partial charge >= 0.3 is 0 Å². The van der Waals surface area contributed by atoms with Gasteiger partial charge in [0.2, 0.25) is 0 Å². The van der Waals surface area contributed by atoms with Crippen molar-refractivity contribution in [3.63, 3.8) is 0 Å². The highest BCUT2D eigenvalue weighted by Gasteiger charge is 2.33. The molecule has 0 spiro atoms. The van der Waals surface area contributed by atoms with E-state index >= 15 is 0 Å². The Bertz CT molecular complexity index is 334. The molecule has 0 aliphatic rings. The molecule has 1 aromatic heterocycles. The normalized spacial score (nSPS) is 14.8. The van der Waals surface area contributed by atoms with Crippen molar-refractivity contribution in [3.05, 3.63) is 22.5 Å². The molecule has 0 saturated heterocycles. The highest BCUT2D eigenvalue weighted by Crippen LogP contribution is 2.38. The van der Waals surface area contributed by atoms with Gasteiger partial charge in [-0.1, -0.05) is 47.5 Å². The molecular weight excluding hydrogens is 358 g/mol. The standard InChI is InChI=1S/C11H15Cl2IN2/c1-3-4-11(6-12,7-14)9-8(2)5-15-16-10(9)13/h5H,3-4,6-7H2,1-2H3. The van der Waals surface area contributed by atoms with Crippen molar-refractivity contribution in [2.24, 2.45) is 0 Å². The van der Waals surface area contributed by atoms with E-state index in [9.17, 15) is 0 Å². The number of alkyl halides is 2. The number of aromatic nitrogens is 2. The molecule has 0 amide bonds. The summed E-state index contributed by atoms with van der Waals surface area (Å²) < 4.78 is 0.939. The fourth-order valence-electron chi connectivity index (χ4n) is 1.99. The molecule has 0 aromatic carbocycles. The van der Waals surface area contributed by atoms with Crippen LogP contribution in [0.3, 0.4) is 0 Å². The van der Waals surface area contributed by atoms with E-state index in [0.717, 1.165) is 28.4 Å². The number of halogens is 3. The zero-order chi connectivity index (χ0) is 12.2. The molecule has 0 bridgehead atoms. The minimum absolute atomic E-state index is 0.0754. The highest BCUT2D eigenvalue weighted by atomic mass is 127. The van der Waals surface area contributed by atoms with E-state index < -0.39 is 0 Å². The van der Waals surface area contributed by atoms with Gasteiger partial charge in [0.05, 0.1) is 6.20 Å². The third-order valence-corrected chi connectivity index (χ3v) is 5.00. The molecule has 1 unspecified atom stereocenters. The first-order valence-electron chi connectivity index (χ1n) is 5.21. The van der Waals surface area contributed by atoms with Crippen molar-refractivity contribution < 1.29 is 0 Å². The molecule has 0 fully saturated rings. The van der Waals surface area contributed by atoms with Gasteiger partial charge in [0.15, 0.2) is 5.15 Å². The molecular formula is C11H15Cl2IN2. The summed E-state index contributed by atoms with van der Waals surface area (Å²) >= 11 is 14.7. The Labute approximate surface area is 120 Å². The minimum Gasteiger partial charge on any atom is -0.157 e. The van der Waals surface area contributed by atoms with Gasteiger partial charge in [-0.15, -0.1) is 16.7 Å².